The summed E-state index contributed by atoms with van der Waals surface area (Å²) in [5.74, 6) is -0.725. The maximum absolute atomic E-state index is 11.3. The number of benzene rings is 1. The molecule has 1 aromatic heterocycles. The van der Waals surface area contributed by atoms with Crippen LogP contribution >= 0.6 is 0 Å². The second kappa shape index (κ2) is 5.06. The Bertz CT molecular complexity index is 781. The van der Waals surface area contributed by atoms with Crippen LogP contribution in [0.2, 0.25) is 0 Å². The van der Waals surface area contributed by atoms with Gasteiger partial charge in [0.2, 0.25) is 5.95 Å². The lowest BCUT2D eigenvalue weighted by Gasteiger charge is -2.22. The molecule has 0 bridgehead atoms. The van der Waals surface area contributed by atoms with Crippen LogP contribution in [-0.4, -0.2) is 36.1 Å². The van der Waals surface area contributed by atoms with Crippen molar-refractivity contribution in [2.24, 2.45) is 0 Å². The summed E-state index contributed by atoms with van der Waals surface area (Å²) in [5, 5.41) is 35.3. The molecule has 0 aliphatic carbocycles. The fourth-order valence-corrected chi connectivity index (χ4v) is 2.27. The number of aromatic hydroxyl groups is 2. The Morgan fingerprint density at radius 2 is 2.14 bits per heavy atom. The first-order valence-electron chi connectivity index (χ1n) is 6.69. The number of aryl methyl sites for hydroxylation is 1. The summed E-state index contributed by atoms with van der Waals surface area (Å²) in [4.78, 5) is 15.5. The van der Waals surface area contributed by atoms with Crippen molar-refractivity contribution in [1.82, 2.24) is 14.8 Å². The number of phenolic OH excluding ortho intramolecular Hbond substituents is 2. The van der Waals surface area contributed by atoms with Crippen LogP contribution in [-0.2, 0) is 11.2 Å². The minimum absolute atomic E-state index is 0.0138. The van der Waals surface area contributed by atoms with Gasteiger partial charge in [0.15, 0.2) is 17.3 Å². The molecule has 1 aliphatic rings. The summed E-state index contributed by atoms with van der Waals surface area (Å²) in [7, 11) is 0. The molecule has 0 fully saturated rings. The molecule has 0 spiro atoms. The Labute approximate surface area is 125 Å². The van der Waals surface area contributed by atoms with E-state index in [1.165, 1.54) is 18.2 Å². The molecule has 114 valence electrons. The van der Waals surface area contributed by atoms with Crippen molar-refractivity contribution < 1.29 is 20.1 Å². The topological polar surface area (TPSA) is 121 Å². The van der Waals surface area contributed by atoms with Crippen molar-refractivity contribution in [3.63, 3.8) is 0 Å². The van der Waals surface area contributed by atoms with Crippen molar-refractivity contribution >= 4 is 11.9 Å². The zero-order valence-electron chi connectivity index (χ0n) is 11.7. The Hall–Kier alpha value is -3.03. The maximum atomic E-state index is 11.3. The Morgan fingerprint density at radius 3 is 2.77 bits per heavy atom. The van der Waals surface area contributed by atoms with Gasteiger partial charge in [-0.2, -0.15) is 10.1 Å². The van der Waals surface area contributed by atoms with Crippen LogP contribution in [0.3, 0.4) is 0 Å². The monoisotopic (exact) mass is 302 g/mol. The first-order valence-corrected chi connectivity index (χ1v) is 6.69. The van der Waals surface area contributed by atoms with Gasteiger partial charge in [-0.1, -0.05) is 13.0 Å². The summed E-state index contributed by atoms with van der Waals surface area (Å²) in [5.41, 5.74) is 0.574. The number of phenols is 2. The molecule has 0 saturated carbocycles. The largest absolute Gasteiger partial charge is 0.504 e. The lowest BCUT2D eigenvalue weighted by Crippen LogP contribution is -2.24. The minimum atomic E-state index is -1.11. The molecule has 8 heteroatoms. The molecule has 3 rings (SSSR count). The normalized spacial score (nSPS) is 16.6. The minimum Gasteiger partial charge on any atom is -0.504 e. The molecule has 0 unspecified atom stereocenters. The van der Waals surface area contributed by atoms with E-state index in [9.17, 15) is 20.1 Å². The quantitative estimate of drug-likeness (QED) is 0.629. The lowest BCUT2D eigenvalue weighted by atomic mass is 10.0. The van der Waals surface area contributed by atoms with Crippen LogP contribution in [0.25, 0.3) is 0 Å². The fourth-order valence-electron chi connectivity index (χ4n) is 2.27. The van der Waals surface area contributed by atoms with Crippen molar-refractivity contribution in [3.8, 4) is 11.5 Å². The van der Waals surface area contributed by atoms with Gasteiger partial charge in [-0.15, -0.1) is 0 Å². The highest BCUT2D eigenvalue weighted by atomic mass is 16.4. The van der Waals surface area contributed by atoms with E-state index < -0.39 is 12.0 Å². The molecule has 1 atom stereocenters. The third-order valence-corrected chi connectivity index (χ3v) is 3.40. The predicted octanol–water partition coefficient (Wildman–Crippen LogP) is 1.24. The number of hydrogen-bond donors (Lipinski definition) is 4. The second-order valence-electron chi connectivity index (χ2n) is 4.85. The van der Waals surface area contributed by atoms with Crippen LogP contribution in [0.15, 0.2) is 30.0 Å². The number of anilines is 1. The van der Waals surface area contributed by atoms with Crippen LogP contribution in [0.1, 0.15) is 24.4 Å². The van der Waals surface area contributed by atoms with E-state index in [2.05, 4.69) is 15.4 Å². The highest BCUT2D eigenvalue weighted by Gasteiger charge is 2.27. The molecular weight excluding hydrogens is 288 g/mol. The van der Waals surface area contributed by atoms with Gasteiger partial charge >= 0.3 is 5.97 Å². The van der Waals surface area contributed by atoms with E-state index >= 15 is 0 Å². The molecule has 0 amide bonds. The zero-order valence-corrected chi connectivity index (χ0v) is 11.7. The zero-order chi connectivity index (χ0) is 15.9. The highest BCUT2D eigenvalue weighted by Crippen LogP contribution is 2.33. The fraction of sp³-hybridized carbons (Fsp3) is 0.214. The van der Waals surface area contributed by atoms with Gasteiger partial charge in [-0.3, -0.25) is 0 Å². The molecule has 1 aliphatic heterocycles. The maximum Gasteiger partial charge on any atom is 0.352 e. The van der Waals surface area contributed by atoms with Gasteiger partial charge in [-0.25, -0.2) is 9.48 Å². The van der Waals surface area contributed by atoms with E-state index in [0.29, 0.717) is 23.8 Å². The smallest absolute Gasteiger partial charge is 0.352 e. The van der Waals surface area contributed by atoms with Gasteiger partial charge in [0, 0.05) is 6.42 Å². The molecule has 4 N–H and O–H groups in total. The van der Waals surface area contributed by atoms with Crippen LogP contribution in [0.4, 0.5) is 5.95 Å². The summed E-state index contributed by atoms with van der Waals surface area (Å²) in [6.07, 6.45) is 2.09. The van der Waals surface area contributed by atoms with E-state index in [-0.39, 0.29) is 17.2 Å². The molecule has 1 aromatic carbocycles. The van der Waals surface area contributed by atoms with Crippen LogP contribution in [0, 0.1) is 0 Å². The van der Waals surface area contributed by atoms with Crippen LogP contribution in [0.5, 0.6) is 11.5 Å². The number of carboxylic acid groups (broad SMARTS) is 1. The molecule has 2 aromatic rings. The number of rotatable bonds is 3. The van der Waals surface area contributed by atoms with Crippen molar-refractivity contribution in [1.29, 1.82) is 0 Å². The van der Waals surface area contributed by atoms with Crippen molar-refractivity contribution in [2.75, 3.05) is 5.32 Å². The third-order valence-electron chi connectivity index (χ3n) is 3.40. The second-order valence-corrected chi connectivity index (χ2v) is 4.85. The van der Waals surface area contributed by atoms with Crippen molar-refractivity contribution in [3.05, 3.63) is 41.4 Å². The number of carboxylic acids is 1. The van der Waals surface area contributed by atoms with E-state index in [0.717, 1.165) is 0 Å². The summed E-state index contributed by atoms with van der Waals surface area (Å²) >= 11 is 0. The number of hydrogen-bond acceptors (Lipinski definition) is 6. The van der Waals surface area contributed by atoms with Gasteiger partial charge in [0.1, 0.15) is 11.7 Å². The Kier molecular flexibility index (Phi) is 3.21. The molecule has 22 heavy (non-hydrogen) atoms. The van der Waals surface area contributed by atoms with Crippen LogP contribution < -0.4 is 5.32 Å². The SMILES string of the molecule is CCc1nc2n(n1)[C@H](c1ccc(O)c(O)c1)C=C(C(=O)O)N2. The lowest BCUT2D eigenvalue weighted by molar-refractivity contribution is -0.132. The number of fused-ring (bicyclic) bond motifs is 1. The first kappa shape index (κ1) is 13.9. The van der Waals surface area contributed by atoms with Gasteiger partial charge < -0.3 is 20.6 Å². The standard InChI is InChI=1S/C14H14N4O4/c1-2-12-16-14-15-8(13(21)22)6-9(18(14)17-12)7-3-4-10(19)11(20)5-7/h3-6,9,19-20H,2H2,1H3,(H,21,22)(H,15,16,17)/t9-/m0/s1. The number of nitrogens with zero attached hydrogens (tertiary/aromatic N) is 3. The van der Waals surface area contributed by atoms with E-state index in [1.54, 1.807) is 10.7 Å². The van der Waals surface area contributed by atoms with Gasteiger partial charge in [0.05, 0.1) is 0 Å². The molecule has 8 nitrogen and oxygen atoms in total. The number of aromatic nitrogens is 3. The average molecular weight is 302 g/mol. The molecule has 0 radical (unpaired) electrons. The third kappa shape index (κ3) is 2.24. The number of allylic oxidation sites excluding steroid dienone is 1. The van der Waals surface area contributed by atoms with Crippen molar-refractivity contribution in [2.45, 2.75) is 19.4 Å². The van der Waals surface area contributed by atoms with Gasteiger partial charge in [-0.05, 0) is 23.8 Å². The summed E-state index contributed by atoms with van der Waals surface area (Å²) in [6, 6.07) is 3.77. The summed E-state index contributed by atoms with van der Waals surface area (Å²) in [6.45, 7) is 1.90. The highest BCUT2D eigenvalue weighted by molar-refractivity contribution is 5.90. The number of aliphatic carboxylic acids is 1. The molecular formula is C14H14N4O4. The molecule has 2 heterocycles. The average Bonchev–Trinajstić information content (AvgIpc) is 2.92. The van der Waals surface area contributed by atoms with Gasteiger partial charge in [0.25, 0.3) is 0 Å². The summed E-state index contributed by atoms with van der Waals surface area (Å²) < 4.78 is 1.55. The predicted molar refractivity (Wildman–Crippen MR) is 76.7 cm³/mol. The number of nitrogens with one attached hydrogen (secondary N) is 1. The number of carbonyl (C=O) groups is 1. The van der Waals surface area contributed by atoms with E-state index in [4.69, 9.17) is 0 Å². The molecule has 0 saturated heterocycles. The Balaban J connectivity index is 2.13. The first-order chi connectivity index (χ1) is 10.5. The Morgan fingerprint density at radius 1 is 1.36 bits per heavy atom. The van der Waals surface area contributed by atoms with E-state index in [1.807, 2.05) is 6.92 Å².